The van der Waals surface area contributed by atoms with Crippen LogP contribution in [0.4, 0.5) is 0 Å². The van der Waals surface area contributed by atoms with E-state index in [1.165, 1.54) is 34.5 Å². The third kappa shape index (κ3) is 6.22. The molecule has 47 heavy (non-hydrogen) atoms. The summed E-state index contributed by atoms with van der Waals surface area (Å²) in [4.78, 5) is 25.3. The number of aryl methyl sites for hydroxylation is 2. The lowest BCUT2D eigenvalue weighted by molar-refractivity contribution is 0.0929. The van der Waals surface area contributed by atoms with Gasteiger partial charge in [0.25, 0.3) is 5.91 Å². The predicted molar refractivity (Wildman–Crippen MR) is 179 cm³/mol. The van der Waals surface area contributed by atoms with Crippen LogP contribution in [0, 0.1) is 0 Å². The Hall–Kier alpha value is -5.77. The number of hydrogen-bond donors (Lipinski definition) is 2. The van der Waals surface area contributed by atoms with Crippen LogP contribution >= 0.6 is 0 Å². The van der Waals surface area contributed by atoms with Crippen molar-refractivity contribution in [1.82, 2.24) is 35.0 Å². The topological polar surface area (TPSA) is 120 Å². The second-order valence-corrected chi connectivity index (χ2v) is 11.5. The number of allylic oxidation sites excluding steroid dienone is 1. The largest absolute Gasteiger partial charge is 0.497 e. The summed E-state index contributed by atoms with van der Waals surface area (Å²) in [5, 5.41) is 13.9. The first-order valence-electron chi connectivity index (χ1n) is 15.6. The lowest BCUT2D eigenvalue weighted by atomic mass is 9.99. The van der Waals surface area contributed by atoms with Gasteiger partial charge in [-0.1, -0.05) is 48.5 Å². The average molecular weight is 626 g/mol. The van der Waals surface area contributed by atoms with Gasteiger partial charge in [0, 0.05) is 54.0 Å². The number of nitrogens with one attached hydrogen (secondary N) is 2. The second-order valence-electron chi connectivity index (χ2n) is 11.5. The van der Waals surface area contributed by atoms with Crippen molar-refractivity contribution in [2.75, 3.05) is 14.2 Å². The highest BCUT2D eigenvalue weighted by molar-refractivity contribution is 5.92. The van der Waals surface area contributed by atoms with Gasteiger partial charge in [0.15, 0.2) is 5.82 Å². The number of amides is 1. The number of benzene rings is 3. The van der Waals surface area contributed by atoms with Crippen LogP contribution in [0.25, 0.3) is 16.5 Å². The molecule has 0 saturated heterocycles. The molecular formula is C37H35N7O3. The standard InChI is InChI=1S/C37H35N7O3/c1-46-28-15-13-27(34(20-28)47-2)23-44-35(16-14-26-21-40-31-10-6-5-9-30(26)31)42-43-36(44)32(41-37(45)33-22-38-17-18-39-33)19-25-12-11-24-7-3-4-8-29(24)25/h3-10,12-13,15,17-18,20-22,32,40H,11,14,16,19,23H2,1-2H3,(H,41,45)/t32-/m1/s1. The maximum Gasteiger partial charge on any atom is 0.272 e. The number of nitrogens with zero attached hydrogens (tertiary/aromatic N) is 5. The molecule has 10 nitrogen and oxygen atoms in total. The molecule has 1 amide bonds. The number of methoxy groups -OCH3 is 2. The summed E-state index contributed by atoms with van der Waals surface area (Å²) >= 11 is 0. The number of aromatic nitrogens is 6. The van der Waals surface area contributed by atoms with Gasteiger partial charge in [-0.25, -0.2) is 4.98 Å². The molecule has 10 heteroatoms. The van der Waals surface area contributed by atoms with E-state index in [2.05, 4.69) is 73.5 Å². The number of rotatable bonds is 12. The molecule has 0 saturated carbocycles. The minimum absolute atomic E-state index is 0.237. The predicted octanol–water partition coefficient (Wildman–Crippen LogP) is 5.90. The summed E-state index contributed by atoms with van der Waals surface area (Å²) < 4.78 is 13.4. The van der Waals surface area contributed by atoms with Gasteiger partial charge in [-0.2, -0.15) is 0 Å². The number of ether oxygens (including phenoxy) is 2. The zero-order valence-corrected chi connectivity index (χ0v) is 26.3. The first kappa shape index (κ1) is 29.9. The summed E-state index contributed by atoms with van der Waals surface area (Å²) in [6, 6.07) is 22.0. The Labute approximate surface area is 272 Å². The molecule has 0 spiro atoms. The summed E-state index contributed by atoms with van der Waals surface area (Å²) in [6.07, 6.45) is 11.6. The summed E-state index contributed by atoms with van der Waals surface area (Å²) in [7, 11) is 3.28. The van der Waals surface area contributed by atoms with Gasteiger partial charge in [-0.3, -0.25) is 9.78 Å². The Balaban J connectivity index is 1.28. The van der Waals surface area contributed by atoms with Crippen molar-refractivity contribution in [1.29, 1.82) is 0 Å². The van der Waals surface area contributed by atoms with E-state index in [0.717, 1.165) is 35.3 Å². The summed E-state index contributed by atoms with van der Waals surface area (Å²) in [6.45, 7) is 0.436. The van der Waals surface area contributed by atoms with E-state index in [1.807, 2.05) is 30.3 Å². The third-order valence-electron chi connectivity index (χ3n) is 8.74. The molecule has 1 aliphatic carbocycles. The van der Waals surface area contributed by atoms with Crippen LogP contribution in [-0.2, 0) is 25.8 Å². The molecule has 2 N–H and O–H groups in total. The van der Waals surface area contributed by atoms with Crippen LogP contribution in [0.3, 0.4) is 0 Å². The first-order valence-corrected chi connectivity index (χ1v) is 15.6. The van der Waals surface area contributed by atoms with Crippen molar-refractivity contribution in [3.63, 3.8) is 0 Å². The van der Waals surface area contributed by atoms with Gasteiger partial charge in [0.1, 0.15) is 23.0 Å². The minimum Gasteiger partial charge on any atom is -0.497 e. The van der Waals surface area contributed by atoms with Crippen molar-refractivity contribution in [2.45, 2.75) is 38.3 Å². The Morgan fingerprint density at radius 2 is 1.85 bits per heavy atom. The molecule has 3 aromatic heterocycles. The smallest absolute Gasteiger partial charge is 0.272 e. The van der Waals surface area contributed by atoms with Gasteiger partial charge in [-0.15, -0.1) is 10.2 Å². The molecule has 1 aliphatic rings. The molecule has 3 heterocycles. The zero-order chi connectivity index (χ0) is 32.2. The Kier molecular flexibility index (Phi) is 8.46. The fourth-order valence-electron chi connectivity index (χ4n) is 6.33. The molecule has 3 aromatic carbocycles. The van der Waals surface area contributed by atoms with Crippen LogP contribution < -0.4 is 14.8 Å². The Morgan fingerprint density at radius 1 is 0.979 bits per heavy atom. The van der Waals surface area contributed by atoms with Crippen molar-refractivity contribution < 1.29 is 14.3 Å². The van der Waals surface area contributed by atoms with E-state index < -0.39 is 6.04 Å². The first-order chi connectivity index (χ1) is 23.1. The lowest BCUT2D eigenvalue weighted by Crippen LogP contribution is -2.32. The molecule has 1 atom stereocenters. The van der Waals surface area contributed by atoms with Crippen LogP contribution in [0.5, 0.6) is 11.5 Å². The van der Waals surface area contributed by atoms with Crippen LogP contribution in [0.2, 0.25) is 0 Å². The monoisotopic (exact) mass is 625 g/mol. The van der Waals surface area contributed by atoms with Crippen molar-refractivity contribution >= 4 is 22.4 Å². The van der Waals surface area contributed by atoms with Gasteiger partial charge in [0.05, 0.1) is 33.0 Å². The SMILES string of the molecule is COc1ccc(Cn2c(CCc3c[nH]c4ccccc34)nnc2[C@@H](CC2=CCc3ccccc32)NC(=O)c2cnccn2)c(OC)c1. The molecule has 6 aromatic rings. The van der Waals surface area contributed by atoms with E-state index in [4.69, 9.17) is 19.7 Å². The molecule has 0 fully saturated rings. The molecule has 0 unspecified atom stereocenters. The lowest BCUT2D eigenvalue weighted by Gasteiger charge is -2.22. The van der Waals surface area contributed by atoms with Crippen LogP contribution in [-0.4, -0.2) is 49.8 Å². The molecule has 0 radical (unpaired) electrons. The maximum atomic E-state index is 13.6. The van der Waals surface area contributed by atoms with Crippen molar-refractivity contribution in [3.05, 3.63) is 137 Å². The van der Waals surface area contributed by atoms with E-state index in [9.17, 15) is 4.79 Å². The third-order valence-corrected chi connectivity index (χ3v) is 8.74. The van der Waals surface area contributed by atoms with Gasteiger partial charge in [-0.05, 0) is 53.3 Å². The molecule has 0 bridgehead atoms. The number of carbonyl (C=O) groups is 1. The number of hydrogen-bond acceptors (Lipinski definition) is 7. The average Bonchev–Trinajstić information content (AvgIpc) is 3.84. The van der Waals surface area contributed by atoms with Crippen LogP contribution in [0.15, 0.2) is 97.6 Å². The number of para-hydroxylation sites is 1. The van der Waals surface area contributed by atoms with Crippen molar-refractivity contribution in [2.24, 2.45) is 0 Å². The number of H-pyrrole nitrogens is 1. The minimum atomic E-state index is -0.500. The zero-order valence-electron chi connectivity index (χ0n) is 26.3. The fraction of sp³-hybridized carbons (Fsp3) is 0.216. The van der Waals surface area contributed by atoms with E-state index in [-0.39, 0.29) is 11.6 Å². The van der Waals surface area contributed by atoms with Gasteiger partial charge >= 0.3 is 0 Å². The number of carbonyl (C=O) groups excluding carboxylic acids is 1. The maximum absolute atomic E-state index is 13.6. The van der Waals surface area contributed by atoms with E-state index in [0.29, 0.717) is 36.7 Å². The Bertz CT molecular complexity index is 2070. The number of fused-ring (bicyclic) bond motifs is 2. The second kappa shape index (κ2) is 13.3. The fourth-order valence-corrected chi connectivity index (χ4v) is 6.33. The summed E-state index contributed by atoms with van der Waals surface area (Å²) in [5.41, 5.74) is 7.09. The van der Waals surface area contributed by atoms with Crippen LogP contribution in [0.1, 0.15) is 56.9 Å². The Morgan fingerprint density at radius 3 is 2.70 bits per heavy atom. The molecular weight excluding hydrogens is 590 g/mol. The highest BCUT2D eigenvalue weighted by Gasteiger charge is 2.28. The van der Waals surface area contributed by atoms with Crippen molar-refractivity contribution in [3.8, 4) is 11.5 Å². The highest BCUT2D eigenvalue weighted by Crippen LogP contribution is 2.35. The van der Waals surface area contributed by atoms with E-state index in [1.54, 1.807) is 20.4 Å². The molecule has 7 rings (SSSR count). The number of aromatic amines is 1. The van der Waals surface area contributed by atoms with E-state index >= 15 is 0 Å². The molecule has 0 aliphatic heterocycles. The normalized spacial score (nSPS) is 12.9. The van der Waals surface area contributed by atoms with Gasteiger partial charge in [0.2, 0.25) is 0 Å². The highest BCUT2D eigenvalue weighted by atomic mass is 16.5. The molecule has 236 valence electrons. The summed E-state index contributed by atoms with van der Waals surface area (Å²) in [5.74, 6) is 2.53. The van der Waals surface area contributed by atoms with Gasteiger partial charge < -0.3 is 24.3 Å². The quantitative estimate of drug-likeness (QED) is 0.174.